The fraction of sp³-hybridized carbons (Fsp3) is 0.733. The third-order valence-corrected chi connectivity index (χ3v) is 10.2. The highest BCUT2D eigenvalue weighted by Crippen LogP contribution is 2.35. The molecule has 0 amide bonds. The number of halogens is 1. The Bertz CT molecular complexity index is 384. The molecule has 1 rings (SSSR count). The van der Waals surface area contributed by atoms with Gasteiger partial charge in [-0.25, -0.2) is 0 Å². The molecule has 0 fully saturated rings. The molecule has 19 heavy (non-hydrogen) atoms. The van der Waals surface area contributed by atoms with Crippen LogP contribution in [0.25, 0.3) is 0 Å². The van der Waals surface area contributed by atoms with Gasteiger partial charge in [0.15, 0.2) is 0 Å². The maximum absolute atomic E-state index is 10.6. The highest BCUT2D eigenvalue weighted by Gasteiger charge is 2.39. The first-order chi connectivity index (χ1) is 8.94. The van der Waals surface area contributed by atoms with Gasteiger partial charge in [0.25, 0.3) is 0 Å². The average Bonchev–Trinajstić information content (AvgIpc) is 2.44. The van der Waals surface area contributed by atoms with E-state index in [-0.39, 0.29) is 0 Å². The van der Waals surface area contributed by atoms with Crippen molar-refractivity contribution < 1.29 is 10.2 Å². The molecule has 2 N–H and O–H groups in total. The molecule has 2 atom stereocenters. The van der Waals surface area contributed by atoms with Crippen LogP contribution in [0.3, 0.4) is 0 Å². The monoisotopic (exact) mass is 344 g/mol. The van der Waals surface area contributed by atoms with Crippen LogP contribution in [0.5, 0.6) is 0 Å². The van der Waals surface area contributed by atoms with Crippen molar-refractivity contribution in [3.8, 4) is 11.5 Å². The van der Waals surface area contributed by atoms with Crippen LogP contribution in [0.4, 0.5) is 0 Å². The Kier molecular flexibility index (Phi) is 6.32. The number of allylic oxidation sites excluding steroid dienone is 1. The fourth-order valence-corrected chi connectivity index (χ4v) is 5.64. The Labute approximate surface area is 126 Å². The minimum absolute atomic E-state index is 0.568. The summed E-state index contributed by atoms with van der Waals surface area (Å²) in [6, 6.07) is 3.32. The smallest absolute Gasteiger partial charge is 0.147 e. The van der Waals surface area contributed by atoms with E-state index in [1.807, 2.05) is 6.08 Å². The van der Waals surface area contributed by atoms with Crippen LogP contribution >= 0.6 is 15.9 Å². The van der Waals surface area contributed by atoms with Crippen LogP contribution < -0.4 is 0 Å². The van der Waals surface area contributed by atoms with Gasteiger partial charge in [0, 0.05) is 4.48 Å². The van der Waals surface area contributed by atoms with Crippen molar-refractivity contribution in [2.24, 2.45) is 0 Å². The van der Waals surface area contributed by atoms with Gasteiger partial charge in [-0.1, -0.05) is 48.7 Å². The quantitative estimate of drug-likeness (QED) is 0.604. The normalized spacial score (nSPS) is 25.3. The standard InChI is InChI=1S/C15H25BrO2Si/c1-4-19(5-2,6-3)12-10-14(17)15(18)11-8-7-9-13(15)16/h9,14,17-18H,4-8,11H2,1-3H3/t14-,15+/m0/s1. The van der Waals surface area contributed by atoms with Crippen molar-refractivity contribution in [2.45, 2.75) is 69.9 Å². The van der Waals surface area contributed by atoms with Crippen molar-refractivity contribution in [1.82, 2.24) is 0 Å². The molecular weight excluding hydrogens is 320 g/mol. The van der Waals surface area contributed by atoms with E-state index in [1.54, 1.807) is 0 Å². The molecule has 0 saturated heterocycles. The average molecular weight is 345 g/mol. The predicted octanol–water partition coefficient (Wildman–Crippen LogP) is 3.59. The zero-order valence-corrected chi connectivity index (χ0v) is 14.8. The van der Waals surface area contributed by atoms with Crippen molar-refractivity contribution in [2.75, 3.05) is 0 Å². The molecule has 0 aliphatic heterocycles. The van der Waals surface area contributed by atoms with Gasteiger partial charge in [-0.05, 0) is 37.4 Å². The van der Waals surface area contributed by atoms with Crippen molar-refractivity contribution >= 4 is 24.0 Å². The van der Waals surface area contributed by atoms with Crippen molar-refractivity contribution in [3.05, 3.63) is 10.6 Å². The van der Waals surface area contributed by atoms with Gasteiger partial charge in [0.2, 0.25) is 0 Å². The summed E-state index contributed by atoms with van der Waals surface area (Å²) in [7, 11) is -1.57. The number of rotatable bonds is 4. The van der Waals surface area contributed by atoms with Crippen LogP contribution in [0.2, 0.25) is 18.1 Å². The Hall–Kier alpha value is -0.0831. The molecule has 0 radical (unpaired) electrons. The van der Waals surface area contributed by atoms with Gasteiger partial charge in [-0.15, -0.1) is 5.54 Å². The molecule has 0 heterocycles. The summed E-state index contributed by atoms with van der Waals surface area (Å²) < 4.78 is 0.685. The molecule has 0 aromatic heterocycles. The molecule has 0 spiro atoms. The van der Waals surface area contributed by atoms with E-state index in [9.17, 15) is 10.2 Å². The van der Waals surface area contributed by atoms with E-state index in [0.29, 0.717) is 10.9 Å². The second-order valence-electron chi connectivity index (χ2n) is 5.38. The third kappa shape index (κ3) is 3.72. The molecule has 0 unspecified atom stereocenters. The molecule has 108 valence electrons. The number of hydrogen-bond acceptors (Lipinski definition) is 2. The van der Waals surface area contributed by atoms with E-state index in [1.165, 1.54) is 0 Å². The Morgan fingerprint density at radius 2 is 1.95 bits per heavy atom. The van der Waals surface area contributed by atoms with E-state index in [2.05, 4.69) is 48.2 Å². The SMILES string of the molecule is CC[Si](C#C[C@H](O)[C@@]1(O)CCCC=C1Br)(CC)CC. The lowest BCUT2D eigenvalue weighted by molar-refractivity contribution is -0.0217. The maximum atomic E-state index is 10.6. The van der Waals surface area contributed by atoms with E-state index < -0.39 is 19.8 Å². The van der Waals surface area contributed by atoms with Gasteiger partial charge in [0.1, 0.15) is 19.8 Å². The van der Waals surface area contributed by atoms with Crippen LogP contribution in [0, 0.1) is 11.5 Å². The molecule has 0 aromatic rings. The molecule has 0 aromatic carbocycles. The minimum Gasteiger partial charge on any atom is -0.381 e. The fourth-order valence-electron chi connectivity index (χ4n) is 2.52. The summed E-state index contributed by atoms with van der Waals surface area (Å²) in [5.41, 5.74) is 2.15. The molecular formula is C15H25BrO2Si. The van der Waals surface area contributed by atoms with Gasteiger partial charge in [0.05, 0.1) is 0 Å². The zero-order valence-electron chi connectivity index (χ0n) is 12.2. The predicted molar refractivity (Wildman–Crippen MR) is 86.8 cm³/mol. The lowest BCUT2D eigenvalue weighted by atomic mass is 9.86. The minimum atomic E-state index is -1.57. The highest BCUT2D eigenvalue weighted by atomic mass is 79.9. The lowest BCUT2D eigenvalue weighted by Gasteiger charge is -2.33. The first kappa shape index (κ1) is 17.0. The van der Waals surface area contributed by atoms with Crippen LogP contribution in [-0.2, 0) is 0 Å². The van der Waals surface area contributed by atoms with Crippen molar-refractivity contribution in [3.63, 3.8) is 0 Å². The Balaban J connectivity index is 2.93. The number of aliphatic hydroxyl groups excluding tert-OH is 1. The summed E-state index contributed by atoms with van der Waals surface area (Å²) >= 11 is 3.38. The maximum Gasteiger partial charge on any atom is 0.147 e. The summed E-state index contributed by atoms with van der Waals surface area (Å²) in [5.74, 6) is 2.96. The first-order valence-electron chi connectivity index (χ1n) is 7.23. The zero-order chi connectivity index (χ0) is 14.5. The Morgan fingerprint density at radius 3 is 2.42 bits per heavy atom. The molecule has 2 nitrogen and oxygen atoms in total. The third-order valence-electron chi connectivity index (χ3n) is 4.46. The molecule has 1 aliphatic rings. The number of hydrogen-bond donors (Lipinski definition) is 2. The Morgan fingerprint density at radius 1 is 1.37 bits per heavy atom. The van der Waals surface area contributed by atoms with Gasteiger partial charge in [-0.3, -0.25) is 0 Å². The highest BCUT2D eigenvalue weighted by molar-refractivity contribution is 9.11. The van der Waals surface area contributed by atoms with Crippen LogP contribution in [0.1, 0.15) is 40.0 Å². The first-order valence-corrected chi connectivity index (χ1v) is 10.6. The van der Waals surface area contributed by atoms with Crippen LogP contribution in [-0.4, -0.2) is 30.0 Å². The van der Waals surface area contributed by atoms with E-state index >= 15 is 0 Å². The molecule has 0 saturated carbocycles. The lowest BCUT2D eigenvalue weighted by Crippen LogP contribution is -2.43. The van der Waals surface area contributed by atoms with E-state index in [4.69, 9.17) is 0 Å². The van der Waals surface area contributed by atoms with Crippen LogP contribution in [0.15, 0.2) is 10.6 Å². The second kappa shape index (κ2) is 7.08. The molecule has 0 bridgehead atoms. The largest absolute Gasteiger partial charge is 0.381 e. The summed E-state index contributed by atoms with van der Waals surface area (Å²) in [5, 5.41) is 20.9. The topological polar surface area (TPSA) is 40.5 Å². The number of aliphatic hydroxyl groups is 2. The summed E-state index contributed by atoms with van der Waals surface area (Å²) in [4.78, 5) is 0. The second-order valence-corrected chi connectivity index (χ2v) is 11.2. The van der Waals surface area contributed by atoms with Gasteiger partial charge in [-0.2, -0.15) is 0 Å². The van der Waals surface area contributed by atoms with Gasteiger partial charge >= 0.3 is 0 Å². The van der Waals surface area contributed by atoms with Crippen molar-refractivity contribution in [1.29, 1.82) is 0 Å². The molecule has 4 heteroatoms. The summed E-state index contributed by atoms with van der Waals surface area (Å²) in [6.07, 6.45) is 3.36. The van der Waals surface area contributed by atoms with E-state index in [0.717, 1.165) is 31.0 Å². The van der Waals surface area contributed by atoms with Gasteiger partial charge < -0.3 is 10.2 Å². The molecule has 1 aliphatic carbocycles. The summed E-state index contributed by atoms with van der Waals surface area (Å²) in [6.45, 7) is 6.56.